The van der Waals surface area contributed by atoms with E-state index < -0.39 is 5.82 Å². The van der Waals surface area contributed by atoms with E-state index in [-0.39, 0.29) is 16.8 Å². The Balaban J connectivity index is 1.88. The van der Waals surface area contributed by atoms with Gasteiger partial charge in [-0.1, -0.05) is 42.8 Å². The molecule has 0 radical (unpaired) electrons. The van der Waals surface area contributed by atoms with E-state index >= 15 is 4.39 Å². The molecule has 5 nitrogen and oxygen atoms in total. The van der Waals surface area contributed by atoms with Gasteiger partial charge >= 0.3 is 0 Å². The Kier molecular flexibility index (Phi) is 6.21. The van der Waals surface area contributed by atoms with Gasteiger partial charge in [0.05, 0.1) is 11.1 Å². The number of benzene rings is 2. The Labute approximate surface area is 162 Å². The van der Waals surface area contributed by atoms with Crippen LogP contribution in [0.25, 0.3) is 0 Å². The monoisotopic (exact) mass is 386 g/mol. The molecule has 0 amide bonds. The van der Waals surface area contributed by atoms with Crippen molar-refractivity contribution in [1.29, 1.82) is 0 Å². The second-order valence-electron chi connectivity index (χ2n) is 5.92. The highest BCUT2D eigenvalue weighted by Crippen LogP contribution is 2.37. The Bertz CT molecular complexity index is 890. The minimum absolute atomic E-state index is 0.0000136. The molecule has 0 unspecified atom stereocenters. The van der Waals surface area contributed by atoms with Crippen LogP contribution in [0.2, 0.25) is 5.02 Å². The van der Waals surface area contributed by atoms with Crippen molar-refractivity contribution in [2.45, 2.75) is 25.9 Å². The smallest absolute Gasteiger partial charge is 0.223 e. The van der Waals surface area contributed by atoms with Crippen molar-refractivity contribution in [2.75, 3.05) is 5.32 Å². The van der Waals surface area contributed by atoms with Crippen LogP contribution in [0.15, 0.2) is 54.9 Å². The Morgan fingerprint density at radius 1 is 1.15 bits per heavy atom. The molecule has 1 aromatic heterocycles. The van der Waals surface area contributed by atoms with Gasteiger partial charge in [-0.15, -0.1) is 0 Å². The number of ether oxygens (including phenoxy) is 1. The van der Waals surface area contributed by atoms with E-state index in [1.54, 1.807) is 36.7 Å². The number of nitrogens with one attached hydrogen (secondary N) is 1. The van der Waals surface area contributed by atoms with E-state index in [2.05, 4.69) is 15.3 Å². The highest BCUT2D eigenvalue weighted by Gasteiger charge is 2.21. The van der Waals surface area contributed by atoms with Crippen molar-refractivity contribution in [3.8, 4) is 11.5 Å². The highest BCUT2D eigenvalue weighted by molar-refractivity contribution is 6.32. The molecule has 0 spiro atoms. The Hall–Kier alpha value is -2.70. The average Bonchev–Trinajstić information content (AvgIpc) is 2.71. The summed E-state index contributed by atoms with van der Waals surface area (Å²) in [7, 11) is 0. The number of hydrogen-bond donors (Lipinski definition) is 2. The third-order valence-electron chi connectivity index (χ3n) is 4.07. The summed E-state index contributed by atoms with van der Waals surface area (Å²) in [6, 6.07) is 11.9. The zero-order valence-corrected chi connectivity index (χ0v) is 15.6. The van der Waals surface area contributed by atoms with Gasteiger partial charge in [0, 0.05) is 30.1 Å². The molecular weight excluding hydrogens is 367 g/mol. The number of hydrogen-bond acceptors (Lipinski definition) is 5. The van der Waals surface area contributed by atoms with Crippen molar-refractivity contribution < 1.29 is 9.13 Å². The number of para-hydroxylation sites is 1. The molecule has 3 aromatic rings. The lowest BCUT2D eigenvalue weighted by Gasteiger charge is -2.20. The first-order valence-electron chi connectivity index (χ1n) is 8.60. The molecule has 1 atom stereocenters. The van der Waals surface area contributed by atoms with Crippen LogP contribution >= 0.6 is 11.6 Å². The van der Waals surface area contributed by atoms with Crippen LogP contribution in [0.4, 0.5) is 10.3 Å². The molecular formula is C20H20ClFN4O. The molecule has 1 heterocycles. The second kappa shape index (κ2) is 8.79. The highest BCUT2D eigenvalue weighted by atomic mass is 35.5. The molecule has 7 heteroatoms. The number of aromatic nitrogens is 2. The minimum Gasteiger partial charge on any atom is -0.453 e. The lowest BCUT2D eigenvalue weighted by Crippen LogP contribution is -2.14. The molecule has 0 saturated carbocycles. The van der Waals surface area contributed by atoms with Crippen molar-refractivity contribution in [2.24, 2.45) is 5.73 Å². The Morgan fingerprint density at radius 2 is 1.85 bits per heavy atom. The summed E-state index contributed by atoms with van der Waals surface area (Å²) in [6.07, 6.45) is 3.90. The number of rotatable bonds is 7. The maximum Gasteiger partial charge on any atom is 0.223 e. The van der Waals surface area contributed by atoms with Crippen molar-refractivity contribution in [3.63, 3.8) is 0 Å². The summed E-state index contributed by atoms with van der Waals surface area (Å²) in [5, 5.41) is 3.35. The molecule has 140 valence electrons. The summed E-state index contributed by atoms with van der Waals surface area (Å²) < 4.78 is 20.8. The van der Waals surface area contributed by atoms with E-state index in [9.17, 15) is 0 Å². The van der Waals surface area contributed by atoms with Gasteiger partial charge in [0.1, 0.15) is 5.75 Å². The number of halogens is 2. The maximum atomic E-state index is 15.2. The van der Waals surface area contributed by atoms with Gasteiger partial charge < -0.3 is 15.8 Å². The van der Waals surface area contributed by atoms with Crippen LogP contribution in [0.5, 0.6) is 11.5 Å². The predicted molar refractivity (Wildman–Crippen MR) is 105 cm³/mol. The van der Waals surface area contributed by atoms with Crippen LogP contribution in [0.1, 0.15) is 30.5 Å². The molecule has 3 N–H and O–H groups in total. The summed E-state index contributed by atoms with van der Waals surface area (Å²) in [6.45, 7) is 2.31. The van der Waals surface area contributed by atoms with E-state index in [1.165, 1.54) is 0 Å². The van der Waals surface area contributed by atoms with Crippen molar-refractivity contribution in [3.05, 3.63) is 76.8 Å². The van der Waals surface area contributed by atoms with E-state index in [0.717, 1.165) is 5.56 Å². The van der Waals surface area contributed by atoms with Gasteiger partial charge in [-0.3, -0.25) is 0 Å². The molecule has 0 aliphatic rings. The second-order valence-corrected chi connectivity index (χ2v) is 6.33. The summed E-state index contributed by atoms with van der Waals surface area (Å²) in [4.78, 5) is 8.44. The van der Waals surface area contributed by atoms with Crippen LogP contribution in [0.3, 0.4) is 0 Å². The zero-order chi connectivity index (χ0) is 19.2. The molecule has 2 aromatic carbocycles. The normalized spacial score (nSPS) is 11.9. The molecule has 27 heavy (non-hydrogen) atoms. The lowest BCUT2D eigenvalue weighted by molar-refractivity contribution is 0.435. The van der Waals surface area contributed by atoms with E-state index in [0.29, 0.717) is 30.2 Å². The minimum atomic E-state index is -0.510. The fourth-order valence-electron chi connectivity index (χ4n) is 2.61. The standard InChI is InChI=1S/C20H20ClFN4O/c1-2-17(26-20-24-11-13(10-23)12-25-20)15-8-9-16(21)19(18(15)22)27-14-6-4-3-5-7-14/h3-9,11-12,17H,2,10,23H2,1H3,(H,24,25,26)/t17-/m1/s1. The zero-order valence-electron chi connectivity index (χ0n) is 14.8. The third kappa shape index (κ3) is 4.53. The van der Waals surface area contributed by atoms with Crippen LogP contribution in [-0.4, -0.2) is 9.97 Å². The van der Waals surface area contributed by atoms with E-state index in [4.69, 9.17) is 22.1 Å². The van der Waals surface area contributed by atoms with Gasteiger partial charge in [0.2, 0.25) is 5.95 Å². The lowest BCUT2D eigenvalue weighted by atomic mass is 10.0. The molecule has 0 saturated heterocycles. The summed E-state index contributed by atoms with van der Waals surface area (Å²) >= 11 is 6.17. The number of anilines is 1. The first-order chi connectivity index (χ1) is 13.1. The van der Waals surface area contributed by atoms with Gasteiger partial charge in [-0.05, 0) is 24.6 Å². The van der Waals surface area contributed by atoms with Gasteiger partial charge in [0.15, 0.2) is 11.6 Å². The van der Waals surface area contributed by atoms with Crippen molar-refractivity contribution in [1.82, 2.24) is 9.97 Å². The SMILES string of the molecule is CC[C@@H](Nc1ncc(CN)cn1)c1ccc(Cl)c(Oc2ccccc2)c1F. The summed E-state index contributed by atoms with van der Waals surface area (Å²) in [5.74, 6) is 0.403. The molecule has 0 aliphatic heterocycles. The molecule has 3 rings (SSSR count). The Morgan fingerprint density at radius 3 is 2.48 bits per heavy atom. The van der Waals surface area contributed by atoms with Gasteiger partial charge in [0.25, 0.3) is 0 Å². The molecule has 0 aliphatic carbocycles. The number of nitrogens with zero attached hydrogens (tertiary/aromatic N) is 2. The quantitative estimate of drug-likeness (QED) is 0.592. The van der Waals surface area contributed by atoms with Crippen LogP contribution < -0.4 is 15.8 Å². The van der Waals surface area contributed by atoms with E-state index in [1.807, 2.05) is 25.1 Å². The fraction of sp³-hybridized carbons (Fsp3) is 0.200. The largest absolute Gasteiger partial charge is 0.453 e. The van der Waals surface area contributed by atoms with Gasteiger partial charge in [-0.2, -0.15) is 0 Å². The maximum absolute atomic E-state index is 15.2. The third-order valence-corrected chi connectivity index (χ3v) is 4.37. The van der Waals surface area contributed by atoms with Gasteiger partial charge in [-0.25, -0.2) is 14.4 Å². The number of nitrogens with two attached hydrogens (primary N) is 1. The first-order valence-corrected chi connectivity index (χ1v) is 8.98. The molecule has 0 fully saturated rings. The average molecular weight is 387 g/mol. The summed E-state index contributed by atoms with van der Waals surface area (Å²) in [5.41, 5.74) is 6.81. The van der Waals surface area contributed by atoms with Crippen LogP contribution in [-0.2, 0) is 6.54 Å². The topological polar surface area (TPSA) is 73.1 Å². The fourth-order valence-corrected chi connectivity index (χ4v) is 2.79. The van der Waals surface area contributed by atoms with Crippen molar-refractivity contribution >= 4 is 17.5 Å². The molecule has 0 bridgehead atoms. The van der Waals surface area contributed by atoms with Crippen LogP contribution in [0, 0.1) is 5.82 Å². The predicted octanol–water partition coefficient (Wildman–Crippen LogP) is 5.08. The first kappa shape index (κ1) is 19.1.